The predicted octanol–water partition coefficient (Wildman–Crippen LogP) is -1.51. The van der Waals surface area contributed by atoms with Crippen molar-refractivity contribution >= 4 is 5.91 Å². The minimum atomic E-state index is -0.708. The van der Waals surface area contributed by atoms with Gasteiger partial charge in [0.1, 0.15) is 6.61 Å². The average Bonchev–Trinajstić information content (AvgIpc) is 2.10. The van der Waals surface area contributed by atoms with Crippen LogP contribution in [-0.4, -0.2) is 48.6 Å². The van der Waals surface area contributed by atoms with Gasteiger partial charge in [-0.2, -0.15) is 0 Å². The van der Waals surface area contributed by atoms with Crippen molar-refractivity contribution in [2.24, 2.45) is 0 Å². The molecule has 0 radical (unpaired) electrons. The Morgan fingerprint density at radius 2 is 2.33 bits per heavy atom. The van der Waals surface area contributed by atoms with Crippen molar-refractivity contribution in [3.63, 3.8) is 0 Å². The molecule has 5 heteroatoms. The highest BCUT2D eigenvalue weighted by Gasteiger charge is 2.05. The van der Waals surface area contributed by atoms with E-state index in [0.29, 0.717) is 6.61 Å². The monoisotopic (exact) mass is 177 g/mol. The number of hydrogen-bond acceptors (Lipinski definition) is 4. The molecule has 3 N–H and O–H groups in total. The SMILES string of the molecule is CCOC[C@@H](O)CNC(=O)CO. The smallest absolute Gasteiger partial charge is 0.245 e. The summed E-state index contributed by atoms with van der Waals surface area (Å²) in [6.45, 7) is 2.10. The van der Waals surface area contributed by atoms with E-state index in [2.05, 4.69) is 5.32 Å². The first kappa shape index (κ1) is 11.4. The van der Waals surface area contributed by atoms with E-state index < -0.39 is 18.6 Å². The van der Waals surface area contributed by atoms with Crippen molar-refractivity contribution in [2.75, 3.05) is 26.4 Å². The zero-order chi connectivity index (χ0) is 9.40. The Hall–Kier alpha value is -0.650. The van der Waals surface area contributed by atoms with Gasteiger partial charge < -0.3 is 20.3 Å². The van der Waals surface area contributed by atoms with Gasteiger partial charge in [-0.25, -0.2) is 0 Å². The van der Waals surface area contributed by atoms with Gasteiger partial charge in [-0.05, 0) is 6.92 Å². The Balaban J connectivity index is 3.30. The van der Waals surface area contributed by atoms with Gasteiger partial charge in [-0.15, -0.1) is 0 Å². The zero-order valence-electron chi connectivity index (χ0n) is 7.12. The molecule has 0 aromatic rings. The Morgan fingerprint density at radius 3 is 2.83 bits per heavy atom. The Morgan fingerprint density at radius 1 is 1.67 bits per heavy atom. The van der Waals surface area contributed by atoms with E-state index in [-0.39, 0.29) is 13.2 Å². The number of hydrogen-bond donors (Lipinski definition) is 3. The molecule has 0 unspecified atom stereocenters. The average molecular weight is 177 g/mol. The van der Waals surface area contributed by atoms with E-state index in [1.807, 2.05) is 6.92 Å². The largest absolute Gasteiger partial charge is 0.389 e. The Kier molecular flexibility index (Phi) is 6.64. The molecular formula is C7H15NO4. The minimum absolute atomic E-state index is 0.111. The molecule has 12 heavy (non-hydrogen) atoms. The van der Waals surface area contributed by atoms with Gasteiger partial charge in [-0.1, -0.05) is 0 Å². The summed E-state index contributed by atoms with van der Waals surface area (Å²) in [4.78, 5) is 10.5. The normalized spacial score (nSPS) is 12.6. The minimum Gasteiger partial charge on any atom is -0.389 e. The molecule has 0 fully saturated rings. The molecule has 0 aliphatic rings. The van der Waals surface area contributed by atoms with Crippen LogP contribution < -0.4 is 5.32 Å². The molecule has 0 aromatic carbocycles. The number of carbonyl (C=O) groups is 1. The highest BCUT2D eigenvalue weighted by molar-refractivity contribution is 5.76. The fourth-order valence-electron chi connectivity index (χ4n) is 0.600. The van der Waals surface area contributed by atoms with Gasteiger partial charge in [0.15, 0.2) is 0 Å². The highest BCUT2D eigenvalue weighted by Crippen LogP contribution is 1.82. The maximum Gasteiger partial charge on any atom is 0.245 e. The van der Waals surface area contributed by atoms with Crippen LogP contribution in [0.5, 0.6) is 0 Å². The second-order valence-corrected chi connectivity index (χ2v) is 2.28. The molecule has 1 amide bonds. The molecule has 0 bridgehead atoms. The van der Waals surface area contributed by atoms with Crippen molar-refractivity contribution in [3.8, 4) is 0 Å². The molecule has 0 saturated heterocycles. The number of nitrogens with one attached hydrogen (secondary N) is 1. The number of rotatable bonds is 6. The number of amides is 1. The third kappa shape index (κ3) is 6.09. The third-order valence-corrected chi connectivity index (χ3v) is 1.19. The van der Waals surface area contributed by atoms with Crippen LogP contribution in [-0.2, 0) is 9.53 Å². The van der Waals surface area contributed by atoms with Gasteiger partial charge in [-0.3, -0.25) is 4.79 Å². The summed E-state index contributed by atoms with van der Waals surface area (Å²) in [7, 11) is 0. The van der Waals surface area contributed by atoms with E-state index in [1.165, 1.54) is 0 Å². The van der Waals surface area contributed by atoms with Crippen LogP contribution in [0.15, 0.2) is 0 Å². The molecule has 0 aliphatic heterocycles. The molecule has 0 heterocycles. The van der Waals surface area contributed by atoms with Crippen LogP contribution in [0.3, 0.4) is 0 Å². The summed E-state index contributed by atoms with van der Waals surface area (Å²) in [6.07, 6.45) is -0.708. The maximum atomic E-state index is 10.5. The van der Waals surface area contributed by atoms with Crippen LogP contribution in [0.2, 0.25) is 0 Å². The van der Waals surface area contributed by atoms with E-state index in [0.717, 1.165) is 0 Å². The van der Waals surface area contributed by atoms with Crippen LogP contribution in [0.4, 0.5) is 0 Å². The standard InChI is InChI=1S/C7H15NO4/c1-2-12-5-6(10)3-8-7(11)4-9/h6,9-10H,2-5H2,1H3,(H,8,11)/t6-/m0/s1. The molecule has 0 saturated carbocycles. The lowest BCUT2D eigenvalue weighted by Gasteiger charge is -2.10. The van der Waals surface area contributed by atoms with Crippen molar-refractivity contribution in [3.05, 3.63) is 0 Å². The molecule has 0 rings (SSSR count). The van der Waals surface area contributed by atoms with Gasteiger partial charge in [0.25, 0.3) is 0 Å². The Labute approximate surface area is 71.3 Å². The van der Waals surface area contributed by atoms with Crippen LogP contribution in [0, 0.1) is 0 Å². The molecule has 1 atom stereocenters. The Bertz CT molecular complexity index is 129. The fourth-order valence-corrected chi connectivity index (χ4v) is 0.600. The van der Waals surface area contributed by atoms with Crippen molar-refractivity contribution in [2.45, 2.75) is 13.0 Å². The zero-order valence-corrected chi connectivity index (χ0v) is 7.12. The van der Waals surface area contributed by atoms with Gasteiger partial charge in [0.05, 0.1) is 12.7 Å². The maximum absolute atomic E-state index is 10.5. The summed E-state index contributed by atoms with van der Waals surface area (Å²) < 4.78 is 4.90. The second-order valence-electron chi connectivity index (χ2n) is 2.28. The number of ether oxygens (including phenoxy) is 1. The van der Waals surface area contributed by atoms with E-state index in [1.54, 1.807) is 0 Å². The summed E-state index contributed by atoms with van der Waals surface area (Å²) in [5.41, 5.74) is 0. The van der Waals surface area contributed by atoms with Gasteiger partial charge in [0, 0.05) is 13.2 Å². The number of aliphatic hydroxyl groups excluding tert-OH is 2. The lowest BCUT2D eigenvalue weighted by atomic mass is 10.4. The van der Waals surface area contributed by atoms with E-state index >= 15 is 0 Å². The lowest BCUT2D eigenvalue weighted by molar-refractivity contribution is -0.124. The molecular weight excluding hydrogens is 162 g/mol. The molecule has 72 valence electrons. The third-order valence-electron chi connectivity index (χ3n) is 1.19. The molecule has 0 aliphatic carbocycles. The molecule has 0 aromatic heterocycles. The number of aliphatic hydroxyl groups is 2. The van der Waals surface area contributed by atoms with Crippen molar-refractivity contribution < 1.29 is 19.7 Å². The summed E-state index contributed by atoms with van der Waals surface area (Å²) in [5.74, 6) is -0.495. The van der Waals surface area contributed by atoms with Crippen LogP contribution >= 0.6 is 0 Å². The van der Waals surface area contributed by atoms with E-state index in [9.17, 15) is 4.79 Å². The topological polar surface area (TPSA) is 78.8 Å². The van der Waals surface area contributed by atoms with Crippen molar-refractivity contribution in [1.29, 1.82) is 0 Å². The lowest BCUT2D eigenvalue weighted by Crippen LogP contribution is -2.35. The summed E-state index contributed by atoms with van der Waals surface area (Å²) in [5, 5.41) is 19.7. The first-order valence-corrected chi connectivity index (χ1v) is 3.84. The van der Waals surface area contributed by atoms with Gasteiger partial charge >= 0.3 is 0 Å². The second kappa shape index (κ2) is 7.02. The highest BCUT2D eigenvalue weighted by atomic mass is 16.5. The summed E-state index contributed by atoms with van der Waals surface area (Å²) >= 11 is 0. The summed E-state index contributed by atoms with van der Waals surface area (Å²) in [6, 6.07) is 0. The quantitative estimate of drug-likeness (QED) is 0.461. The molecule has 0 spiro atoms. The van der Waals surface area contributed by atoms with Gasteiger partial charge in [0.2, 0.25) is 5.91 Å². The predicted molar refractivity (Wildman–Crippen MR) is 42.6 cm³/mol. The van der Waals surface area contributed by atoms with Crippen molar-refractivity contribution in [1.82, 2.24) is 5.32 Å². The fraction of sp³-hybridized carbons (Fsp3) is 0.857. The number of carbonyl (C=O) groups excluding carboxylic acids is 1. The van der Waals surface area contributed by atoms with E-state index in [4.69, 9.17) is 14.9 Å². The molecule has 5 nitrogen and oxygen atoms in total. The first-order chi connectivity index (χ1) is 5.70. The van der Waals surface area contributed by atoms with Crippen LogP contribution in [0.25, 0.3) is 0 Å². The first-order valence-electron chi connectivity index (χ1n) is 3.84. The van der Waals surface area contributed by atoms with Crippen LogP contribution in [0.1, 0.15) is 6.92 Å².